The van der Waals surface area contributed by atoms with Crippen molar-refractivity contribution >= 4 is 51.0 Å². The number of nitrogens with one attached hydrogen (secondary N) is 2. The van der Waals surface area contributed by atoms with Gasteiger partial charge >= 0.3 is 5.97 Å². The van der Waals surface area contributed by atoms with Crippen LogP contribution in [0.15, 0.2) is 66.7 Å². The highest BCUT2D eigenvalue weighted by atomic mass is 35.5. The Hall–Kier alpha value is -3.02. The van der Waals surface area contributed by atoms with E-state index in [9.17, 15) is 23.1 Å². The molecule has 39 heavy (non-hydrogen) atoms. The van der Waals surface area contributed by atoms with E-state index in [4.69, 9.17) is 23.2 Å². The van der Waals surface area contributed by atoms with Gasteiger partial charge in [-0.25, -0.2) is 4.98 Å². The molecule has 9 nitrogen and oxygen atoms in total. The molecule has 1 atom stereocenters. The van der Waals surface area contributed by atoms with E-state index in [-0.39, 0.29) is 41.3 Å². The molecule has 12 heteroatoms. The van der Waals surface area contributed by atoms with Gasteiger partial charge in [0, 0.05) is 24.3 Å². The second-order valence-corrected chi connectivity index (χ2v) is 11.8. The van der Waals surface area contributed by atoms with Crippen LogP contribution in [0.1, 0.15) is 35.3 Å². The van der Waals surface area contributed by atoms with Crippen LogP contribution in [0, 0.1) is 5.92 Å². The highest BCUT2D eigenvalue weighted by Gasteiger charge is 2.29. The molecule has 0 bridgehead atoms. The first-order valence-electron chi connectivity index (χ1n) is 12.2. The molecule has 208 valence electrons. The molecule has 0 aliphatic carbocycles. The van der Waals surface area contributed by atoms with E-state index in [1.807, 2.05) is 44.2 Å². The van der Waals surface area contributed by atoms with Crippen molar-refractivity contribution in [1.29, 1.82) is 0 Å². The van der Waals surface area contributed by atoms with Crippen LogP contribution in [0.3, 0.4) is 0 Å². The van der Waals surface area contributed by atoms with Crippen molar-refractivity contribution in [2.75, 3.05) is 18.4 Å². The zero-order valence-electron chi connectivity index (χ0n) is 21.5. The number of aromatic nitrogens is 1. The molecular formula is C27H30Cl2N4O5S. The van der Waals surface area contributed by atoms with Gasteiger partial charge in [0.05, 0.1) is 0 Å². The summed E-state index contributed by atoms with van der Waals surface area (Å²) in [6.07, 6.45) is 0.407. The molecule has 0 aliphatic heterocycles. The lowest BCUT2D eigenvalue weighted by atomic mass is 10.1. The summed E-state index contributed by atoms with van der Waals surface area (Å²) in [7, 11) is -4.09. The van der Waals surface area contributed by atoms with Gasteiger partial charge in [0.15, 0.2) is 0 Å². The van der Waals surface area contributed by atoms with Gasteiger partial charge in [0.25, 0.3) is 16.1 Å². The maximum atomic E-state index is 13.2. The minimum absolute atomic E-state index is 0.0441. The maximum absolute atomic E-state index is 13.2. The number of carboxylic acid groups (broad SMARTS) is 1. The summed E-state index contributed by atoms with van der Waals surface area (Å²) in [5.41, 5.74) is 2.23. The highest BCUT2D eigenvalue weighted by molar-refractivity contribution is 7.87. The summed E-state index contributed by atoms with van der Waals surface area (Å²) >= 11 is 11.7. The van der Waals surface area contributed by atoms with Gasteiger partial charge in [0.2, 0.25) is 0 Å². The molecule has 0 fully saturated rings. The van der Waals surface area contributed by atoms with Crippen molar-refractivity contribution in [3.8, 4) is 0 Å². The minimum Gasteiger partial charge on any atom is -0.480 e. The third-order valence-corrected chi connectivity index (χ3v) is 7.65. The van der Waals surface area contributed by atoms with Crippen molar-refractivity contribution in [1.82, 2.24) is 14.0 Å². The van der Waals surface area contributed by atoms with E-state index in [0.29, 0.717) is 17.7 Å². The zero-order chi connectivity index (χ0) is 28.6. The maximum Gasteiger partial charge on any atom is 0.322 e. The summed E-state index contributed by atoms with van der Waals surface area (Å²) in [5, 5.41) is 12.6. The molecule has 0 saturated heterocycles. The summed E-state index contributed by atoms with van der Waals surface area (Å²) in [5.74, 6) is -1.71. The van der Waals surface area contributed by atoms with Crippen LogP contribution in [0.2, 0.25) is 10.3 Å². The standard InChI is InChI=1S/C27H30Cl2N4O5S/c1-18(2)17-33(13-12-19-6-4-3-5-7-19)39(37,38)32-23(27(35)36)14-20-8-10-22(11-9-20)30-26(34)21-15-24(28)31-25(29)16-21/h3-11,15-16,18,23,32H,12-14,17H2,1-2H3,(H,30,34)(H,35,36). The number of anilines is 1. The Bertz CT molecular complexity index is 1370. The van der Waals surface area contributed by atoms with Crippen LogP contribution in [-0.4, -0.2) is 53.8 Å². The first kappa shape index (κ1) is 30.5. The number of halogens is 2. The van der Waals surface area contributed by atoms with E-state index in [2.05, 4.69) is 15.0 Å². The Morgan fingerprint density at radius 1 is 0.974 bits per heavy atom. The average molecular weight is 594 g/mol. The average Bonchev–Trinajstić information content (AvgIpc) is 2.86. The van der Waals surface area contributed by atoms with E-state index in [0.717, 1.165) is 5.56 Å². The lowest BCUT2D eigenvalue weighted by molar-refractivity contribution is -0.138. The van der Waals surface area contributed by atoms with Crippen molar-refractivity contribution in [3.05, 3.63) is 93.7 Å². The molecule has 0 spiro atoms. The Balaban J connectivity index is 1.67. The molecule has 0 aliphatic rings. The zero-order valence-corrected chi connectivity index (χ0v) is 23.8. The Morgan fingerprint density at radius 2 is 1.59 bits per heavy atom. The molecular weight excluding hydrogens is 563 g/mol. The normalized spacial score (nSPS) is 12.5. The van der Waals surface area contributed by atoms with Crippen LogP contribution in [-0.2, 0) is 27.8 Å². The quantitative estimate of drug-likeness (QED) is 0.247. The molecule has 1 amide bonds. The van der Waals surface area contributed by atoms with Gasteiger partial charge in [0.1, 0.15) is 16.3 Å². The number of amides is 1. The fraction of sp³-hybridized carbons (Fsp3) is 0.296. The Morgan fingerprint density at radius 3 is 2.15 bits per heavy atom. The van der Waals surface area contributed by atoms with E-state index < -0.39 is 28.1 Å². The SMILES string of the molecule is CC(C)CN(CCc1ccccc1)S(=O)(=O)NC(Cc1ccc(NC(=O)c2cc(Cl)nc(Cl)c2)cc1)C(=O)O. The molecule has 3 N–H and O–H groups in total. The lowest BCUT2D eigenvalue weighted by Crippen LogP contribution is -2.50. The molecule has 1 unspecified atom stereocenters. The second kappa shape index (κ2) is 13.9. The second-order valence-electron chi connectivity index (χ2n) is 9.36. The number of hydrogen-bond acceptors (Lipinski definition) is 5. The van der Waals surface area contributed by atoms with Crippen LogP contribution in [0.25, 0.3) is 0 Å². The number of hydrogen-bond donors (Lipinski definition) is 3. The highest BCUT2D eigenvalue weighted by Crippen LogP contribution is 2.18. The number of carboxylic acids is 1. The van der Waals surface area contributed by atoms with Gasteiger partial charge in [-0.15, -0.1) is 0 Å². The molecule has 1 aromatic heterocycles. The molecule has 0 saturated carbocycles. The smallest absolute Gasteiger partial charge is 0.322 e. The number of nitrogens with zero attached hydrogens (tertiary/aromatic N) is 2. The van der Waals surface area contributed by atoms with Crippen molar-refractivity contribution < 1.29 is 23.1 Å². The summed E-state index contributed by atoms with van der Waals surface area (Å²) in [6, 6.07) is 17.3. The molecule has 2 aromatic carbocycles. The van der Waals surface area contributed by atoms with Crippen LogP contribution in [0.5, 0.6) is 0 Å². The summed E-state index contributed by atoms with van der Waals surface area (Å²) in [6.45, 7) is 4.26. The first-order chi connectivity index (χ1) is 18.4. The number of rotatable bonds is 13. The number of benzene rings is 2. The predicted octanol–water partition coefficient (Wildman–Crippen LogP) is 4.67. The topological polar surface area (TPSA) is 129 Å². The molecule has 3 rings (SSSR count). The van der Waals surface area contributed by atoms with E-state index >= 15 is 0 Å². The first-order valence-corrected chi connectivity index (χ1v) is 14.4. The fourth-order valence-electron chi connectivity index (χ4n) is 3.81. The minimum atomic E-state index is -4.09. The molecule has 3 aromatic rings. The van der Waals surface area contributed by atoms with Crippen LogP contribution in [0.4, 0.5) is 5.69 Å². The van der Waals surface area contributed by atoms with Gasteiger partial charge in [-0.3, -0.25) is 9.59 Å². The number of aliphatic carboxylic acids is 1. The number of carbonyl (C=O) groups excluding carboxylic acids is 1. The largest absolute Gasteiger partial charge is 0.480 e. The molecule has 1 heterocycles. The molecule has 0 radical (unpaired) electrons. The Kier molecular flexibility index (Phi) is 10.8. The predicted molar refractivity (Wildman–Crippen MR) is 152 cm³/mol. The van der Waals surface area contributed by atoms with Crippen LogP contribution >= 0.6 is 23.2 Å². The summed E-state index contributed by atoms with van der Waals surface area (Å²) < 4.78 is 30.1. The van der Waals surface area contributed by atoms with Crippen molar-refractivity contribution in [2.24, 2.45) is 5.92 Å². The van der Waals surface area contributed by atoms with Crippen molar-refractivity contribution in [3.63, 3.8) is 0 Å². The van der Waals surface area contributed by atoms with Gasteiger partial charge in [-0.2, -0.15) is 17.4 Å². The third kappa shape index (κ3) is 9.59. The van der Waals surface area contributed by atoms with Gasteiger partial charge in [-0.1, -0.05) is 79.5 Å². The van der Waals surface area contributed by atoms with Gasteiger partial charge < -0.3 is 10.4 Å². The van der Waals surface area contributed by atoms with Gasteiger partial charge in [-0.05, 0) is 54.2 Å². The van der Waals surface area contributed by atoms with Crippen LogP contribution < -0.4 is 10.0 Å². The monoisotopic (exact) mass is 592 g/mol. The summed E-state index contributed by atoms with van der Waals surface area (Å²) in [4.78, 5) is 28.3. The number of carbonyl (C=O) groups is 2. The lowest BCUT2D eigenvalue weighted by Gasteiger charge is -2.26. The third-order valence-electron chi connectivity index (χ3n) is 5.67. The van der Waals surface area contributed by atoms with Crippen molar-refractivity contribution in [2.45, 2.75) is 32.7 Å². The number of pyridine rings is 1. The Labute approximate surface area is 238 Å². The van der Waals surface area contributed by atoms with E-state index in [1.165, 1.54) is 16.4 Å². The fourth-order valence-corrected chi connectivity index (χ4v) is 5.79. The van der Waals surface area contributed by atoms with E-state index in [1.54, 1.807) is 24.3 Å².